The van der Waals surface area contributed by atoms with E-state index >= 15 is 0 Å². The lowest BCUT2D eigenvalue weighted by molar-refractivity contribution is 0.0953. The molecule has 0 radical (unpaired) electrons. The number of benzene rings is 1. The Morgan fingerprint density at radius 2 is 1.90 bits per heavy atom. The summed E-state index contributed by atoms with van der Waals surface area (Å²) in [5, 5.41) is 15.8. The zero-order valence-electron chi connectivity index (χ0n) is 11.3. The van der Waals surface area contributed by atoms with E-state index in [9.17, 15) is 18.3 Å². The molecule has 116 valence electrons. The van der Waals surface area contributed by atoms with Gasteiger partial charge in [0.15, 0.2) is 9.84 Å². The number of aliphatic hydroxyl groups excluding tert-OH is 1. The van der Waals surface area contributed by atoms with Gasteiger partial charge in [0.25, 0.3) is 5.91 Å². The first kappa shape index (κ1) is 16.2. The molecule has 1 amide bonds. The van der Waals surface area contributed by atoms with Crippen LogP contribution in [0.25, 0.3) is 0 Å². The number of halogens is 1. The topological polar surface area (TPSA) is 95.5 Å². The lowest BCUT2D eigenvalue weighted by Gasteiger charge is -2.15. The number of carbonyl (C=O) groups excluding carboxylic acids is 1. The summed E-state index contributed by atoms with van der Waals surface area (Å²) in [4.78, 5) is 11.8. The number of hydrogen-bond acceptors (Lipinski definition) is 5. The molecule has 0 aromatic heterocycles. The lowest BCUT2D eigenvalue weighted by atomic mass is 10.2. The van der Waals surface area contributed by atoms with Crippen molar-refractivity contribution in [3.05, 3.63) is 34.9 Å². The van der Waals surface area contributed by atoms with Crippen LogP contribution in [0.4, 0.5) is 0 Å². The molecule has 0 aliphatic carbocycles. The molecule has 3 N–H and O–H groups in total. The number of aliphatic hydroxyl groups is 1. The Hall–Kier alpha value is -1.15. The van der Waals surface area contributed by atoms with Crippen LogP contribution in [0.15, 0.2) is 24.3 Å². The van der Waals surface area contributed by atoms with E-state index in [2.05, 4.69) is 10.6 Å². The molecule has 1 aromatic rings. The Morgan fingerprint density at radius 1 is 1.24 bits per heavy atom. The monoisotopic (exact) mass is 332 g/mol. The van der Waals surface area contributed by atoms with Crippen LogP contribution in [-0.2, 0) is 9.84 Å². The predicted molar refractivity (Wildman–Crippen MR) is 80.2 cm³/mol. The summed E-state index contributed by atoms with van der Waals surface area (Å²) in [5.74, 6) is -0.505. The molecule has 2 atom stereocenters. The fourth-order valence-corrected chi connectivity index (χ4v) is 4.06. The Labute approximate surface area is 128 Å². The molecule has 2 rings (SSSR count). The average molecular weight is 333 g/mol. The van der Waals surface area contributed by atoms with Crippen molar-refractivity contribution in [3.63, 3.8) is 0 Å². The van der Waals surface area contributed by atoms with Crippen LogP contribution in [0.5, 0.6) is 0 Å². The molecule has 0 spiro atoms. The molecular weight excluding hydrogens is 316 g/mol. The van der Waals surface area contributed by atoms with E-state index in [-0.39, 0.29) is 17.4 Å². The van der Waals surface area contributed by atoms with E-state index in [1.807, 2.05) is 0 Å². The highest BCUT2D eigenvalue weighted by atomic mass is 35.5. The van der Waals surface area contributed by atoms with Crippen LogP contribution < -0.4 is 10.6 Å². The SMILES string of the molecule is O=C(NCCN[C@H]1CS(=O)(=O)C[C@H]1O)c1ccc(Cl)cc1. The largest absolute Gasteiger partial charge is 0.390 e. The minimum atomic E-state index is -3.16. The molecule has 0 saturated carbocycles. The molecule has 1 saturated heterocycles. The van der Waals surface area contributed by atoms with E-state index in [0.717, 1.165) is 0 Å². The average Bonchev–Trinajstić information content (AvgIpc) is 2.68. The number of carbonyl (C=O) groups is 1. The van der Waals surface area contributed by atoms with E-state index < -0.39 is 22.0 Å². The van der Waals surface area contributed by atoms with Gasteiger partial charge in [-0.25, -0.2) is 8.42 Å². The lowest BCUT2D eigenvalue weighted by Crippen LogP contribution is -2.42. The van der Waals surface area contributed by atoms with Crippen LogP contribution >= 0.6 is 11.6 Å². The molecule has 1 fully saturated rings. The van der Waals surface area contributed by atoms with E-state index in [4.69, 9.17) is 11.6 Å². The second-order valence-electron chi connectivity index (χ2n) is 4.97. The summed E-state index contributed by atoms with van der Waals surface area (Å²) < 4.78 is 22.6. The molecule has 1 aliphatic rings. The molecule has 0 unspecified atom stereocenters. The van der Waals surface area contributed by atoms with Gasteiger partial charge >= 0.3 is 0 Å². The summed E-state index contributed by atoms with van der Waals surface area (Å²) in [7, 11) is -3.16. The Balaban J connectivity index is 1.73. The summed E-state index contributed by atoms with van der Waals surface area (Å²) in [6, 6.07) is 6.04. The first-order valence-corrected chi connectivity index (χ1v) is 8.73. The fraction of sp³-hybridized carbons (Fsp3) is 0.462. The van der Waals surface area contributed by atoms with Gasteiger partial charge in [0.2, 0.25) is 0 Å². The normalized spacial score (nSPS) is 23.9. The zero-order valence-corrected chi connectivity index (χ0v) is 12.8. The molecule has 1 heterocycles. The molecule has 0 bridgehead atoms. The van der Waals surface area contributed by atoms with Crippen molar-refractivity contribution >= 4 is 27.3 Å². The van der Waals surface area contributed by atoms with Crippen molar-refractivity contribution in [1.82, 2.24) is 10.6 Å². The first-order chi connectivity index (χ1) is 9.87. The van der Waals surface area contributed by atoms with Crippen LogP contribution in [0, 0.1) is 0 Å². The van der Waals surface area contributed by atoms with Gasteiger partial charge in [0.05, 0.1) is 17.6 Å². The summed E-state index contributed by atoms with van der Waals surface area (Å²) in [6.45, 7) is 0.724. The highest BCUT2D eigenvalue weighted by Gasteiger charge is 2.35. The van der Waals surface area contributed by atoms with Crippen LogP contribution in [0.3, 0.4) is 0 Å². The van der Waals surface area contributed by atoms with Crippen molar-refractivity contribution < 1.29 is 18.3 Å². The van der Waals surface area contributed by atoms with E-state index in [0.29, 0.717) is 23.7 Å². The number of hydrogen-bond donors (Lipinski definition) is 3. The molecule has 1 aliphatic heterocycles. The van der Waals surface area contributed by atoms with Gasteiger partial charge in [0, 0.05) is 29.7 Å². The minimum Gasteiger partial charge on any atom is -0.390 e. The quantitative estimate of drug-likeness (QED) is 0.650. The number of nitrogens with one attached hydrogen (secondary N) is 2. The molecule has 21 heavy (non-hydrogen) atoms. The van der Waals surface area contributed by atoms with Gasteiger partial charge in [-0.1, -0.05) is 11.6 Å². The number of rotatable bonds is 5. The van der Waals surface area contributed by atoms with Gasteiger partial charge in [0.1, 0.15) is 0 Å². The summed E-state index contributed by atoms with van der Waals surface area (Å²) in [5.41, 5.74) is 0.503. The second-order valence-corrected chi connectivity index (χ2v) is 7.56. The second kappa shape index (κ2) is 6.74. The number of amides is 1. The van der Waals surface area contributed by atoms with Crippen molar-refractivity contribution in [2.24, 2.45) is 0 Å². The van der Waals surface area contributed by atoms with Crippen molar-refractivity contribution in [3.8, 4) is 0 Å². The maximum absolute atomic E-state index is 11.8. The number of sulfone groups is 1. The van der Waals surface area contributed by atoms with Gasteiger partial charge in [-0.05, 0) is 24.3 Å². The van der Waals surface area contributed by atoms with E-state index in [1.54, 1.807) is 24.3 Å². The molecule has 1 aromatic carbocycles. The van der Waals surface area contributed by atoms with Gasteiger partial charge in [-0.2, -0.15) is 0 Å². The Morgan fingerprint density at radius 3 is 2.48 bits per heavy atom. The van der Waals surface area contributed by atoms with Crippen LogP contribution in [-0.4, -0.2) is 56.2 Å². The van der Waals surface area contributed by atoms with Crippen molar-refractivity contribution in [2.45, 2.75) is 12.1 Å². The fourth-order valence-electron chi connectivity index (χ4n) is 2.16. The van der Waals surface area contributed by atoms with Gasteiger partial charge < -0.3 is 15.7 Å². The zero-order chi connectivity index (χ0) is 15.5. The van der Waals surface area contributed by atoms with Gasteiger partial charge in [-0.3, -0.25) is 4.79 Å². The highest BCUT2D eigenvalue weighted by Crippen LogP contribution is 2.12. The third kappa shape index (κ3) is 4.67. The Bertz CT molecular complexity index is 603. The van der Waals surface area contributed by atoms with Crippen molar-refractivity contribution in [1.29, 1.82) is 0 Å². The summed E-state index contributed by atoms with van der Waals surface area (Å²) in [6.07, 6.45) is -0.887. The molecule has 6 nitrogen and oxygen atoms in total. The maximum atomic E-state index is 11.8. The molecule has 8 heteroatoms. The minimum absolute atomic E-state index is 0.0701. The third-order valence-electron chi connectivity index (χ3n) is 3.25. The van der Waals surface area contributed by atoms with Crippen molar-refractivity contribution in [2.75, 3.05) is 24.6 Å². The van der Waals surface area contributed by atoms with E-state index in [1.165, 1.54) is 0 Å². The first-order valence-electron chi connectivity index (χ1n) is 6.53. The van der Waals surface area contributed by atoms with Crippen LogP contribution in [0.1, 0.15) is 10.4 Å². The third-order valence-corrected chi connectivity index (χ3v) is 5.21. The molecular formula is C13H17ClN2O4S. The highest BCUT2D eigenvalue weighted by molar-refractivity contribution is 7.91. The smallest absolute Gasteiger partial charge is 0.251 e. The Kier molecular flexibility index (Phi) is 5.21. The summed E-state index contributed by atoms with van der Waals surface area (Å²) >= 11 is 5.74. The van der Waals surface area contributed by atoms with Crippen LogP contribution in [0.2, 0.25) is 5.02 Å². The maximum Gasteiger partial charge on any atom is 0.251 e. The standard InChI is InChI=1S/C13H17ClN2O4S/c14-10-3-1-9(2-4-10)13(18)16-6-5-15-11-7-21(19,20)8-12(11)17/h1-4,11-12,15,17H,5-8H2,(H,16,18)/t11-,12+/m0/s1. The van der Waals surface area contributed by atoms with Gasteiger partial charge in [-0.15, -0.1) is 0 Å². The predicted octanol–water partition coefficient (Wildman–Crippen LogP) is -0.183.